The summed E-state index contributed by atoms with van der Waals surface area (Å²) in [6.07, 6.45) is 5.81. The third-order valence-corrected chi connectivity index (χ3v) is 2.33. The smallest absolute Gasteiger partial charge is 0.128 e. The molecule has 1 aromatic carbocycles. The van der Waals surface area contributed by atoms with Crippen LogP contribution in [0.1, 0.15) is 12.5 Å². The van der Waals surface area contributed by atoms with Crippen molar-refractivity contribution in [2.24, 2.45) is 0 Å². The Bertz CT molecular complexity index is 503. The molecule has 1 heterocycles. The molecule has 0 amide bonds. The highest BCUT2D eigenvalue weighted by Crippen LogP contribution is 2.27. The maximum Gasteiger partial charge on any atom is 0.128 e. The first-order chi connectivity index (χ1) is 7.36. The van der Waals surface area contributed by atoms with Gasteiger partial charge >= 0.3 is 0 Å². The van der Waals surface area contributed by atoms with Crippen LogP contribution in [0.25, 0.3) is 17.0 Å². The van der Waals surface area contributed by atoms with E-state index in [4.69, 9.17) is 4.74 Å². The lowest BCUT2D eigenvalue weighted by atomic mass is 10.1. The van der Waals surface area contributed by atoms with Gasteiger partial charge in [0.15, 0.2) is 0 Å². The third kappa shape index (κ3) is 1.71. The van der Waals surface area contributed by atoms with Crippen LogP contribution in [-0.4, -0.2) is 12.1 Å². The molecule has 0 saturated heterocycles. The van der Waals surface area contributed by atoms with E-state index in [-0.39, 0.29) is 0 Å². The Balaban J connectivity index is 2.78. The van der Waals surface area contributed by atoms with Crippen LogP contribution in [0.4, 0.5) is 0 Å². The summed E-state index contributed by atoms with van der Waals surface area (Å²) in [6.45, 7) is 1.99. The van der Waals surface area contributed by atoms with Gasteiger partial charge in [0.25, 0.3) is 0 Å². The number of allylic oxidation sites excluding steroid dienone is 1. The van der Waals surface area contributed by atoms with E-state index < -0.39 is 0 Å². The molecule has 2 rings (SSSR count). The molecule has 0 spiro atoms. The molecule has 0 radical (unpaired) electrons. The largest absolute Gasteiger partial charge is 0.496 e. The summed E-state index contributed by atoms with van der Waals surface area (Å²) in [7, 11) is 1.68. The van der Waals surface area contributed by atoms with Crippen molar-refractivity contribution in [2.45, 2.75) is 6.92 Å². The van der Waals surface area contributed by atoms with Gasteiger partial charge in [0, 0.05) is 17.1 Å². The predicted octanol–water partition coefficient (Wildman–Crippen LogP) is 3.28. The minimum Gasteiger partial charge on any atom is -0.496 e. The number of fused-ring (bicyclic) bond motifs is 1. The summed E-state index contributed by atoms with van der Waals surface area (Å²) in [4.78, 5) is 4.38. The summed E-state index contributed by atoms with van der Waals surface area (Å²) in [5, 5.41) is 1.13. The number of pyridine rings is 1. The van der Waals surface area contributed by atoms with Crippen LogP contribution in [-0.2, 0) is 0 Å². The monoisotopic (exact) mass is 199 g/mol. The summed E-state index contributed by atoms with van der Waals surface area (Å²) in [6, 6.07) is 7.98. The van der Waals surface area contributed by atoms with Crippen molar-refractivity contribution >= 4 is 17.0 Å². The second-order valence-electron chi connectivity index (χ2n) is 3.26. The third-order valence-electron chi connectivity index (χ3n) is 2.33. The molecule has 0 aliphatic rings. The Morgan fingerprint density at radius 2 is 2.13 bits per heavy atom. The normalized spacial score (nSPS) is 11.1. The fourth-order valence-electron chi connectivity index (χ4n) is 1.65. The van der Waals surface area contributed by atoms with Crippen LogP contribution in [0.15, 0.2) is 36.5 Å². The average Bonchev–Trinajstić information content (AvgIpc) is 2.30. The Kier molecular flexibility index (Phi) is 2.68. The van der Waals surface area contributed by atoms with Crippen LogP contribution in [0.3, 0.4) is 0 Å². The van der Waals surface area contributed by atoms with Crippen LogP contribution < -0.4 is 4.74 Å². The summed E-state index contributed by atoms with van der Waals surface area (Å²) in [5.74, 6) is 0.860. The number of hydrogen-bond acceptors (Lipinski definition) is 2. The molecular weight excluding hydrogens is 186 g/mol. The topological polar surface area (TPSA) is 22.1 Å². The highest BCUT2D eigenvalue weighted by molar-refractivity contribution is 5.89. The van der Waals surface area contributed by atoms with E-state index in [9.17, 15) is 0 Å². The maximum atomic E-state index is 5.31. The number of benzene rings is 1. The summed E-state index contributed by atoms with van der Waals surface area (Å²) < 4.78 is 5.31. The molecule has 0 bridgehead atoms. The van der Waals surface area contributed by atoms with E-state index in [0.717, 1.165) is 22.2 Å². The predicted molar refractivity (Wildman–Crippen MR) is 63.0 cm³/mol. The van der Waals surface area contributed by atoms with Gasteiger partial charge in [-0.25, -0.2) is 0 Å². The van der Waals surface area contributed by atoms with Gasteiger partial charge in [0.1, 0.15) is 5.75 Å². The minimum absolute atomic E-state index is 0.860. The van der Waals surface area contributed by atoms with Crippen molar-refractivity contribution in [3.63, 3.8) is 0 Å². The second-order valence-corrected chi connectivity index (χ2v) is 3.26. The quantitative estimate of drug-likeness (QED) is 0.740. The van der Waals surface area contributed by atoms with Crippen LogP contribution >= 0.6 is 0 Å². The van der Waals surface area contributed by atoms with Gasteiger partial charge in [-0.15, -0.1) is 0 Å². The zero-order chi connectivity index (χ0) is 10.7. The Labute approximate surface area is 89.2 Å². The molecule has 0 aliphatic heterocycles. The number of ether oxygens (including phenoxy) is 1. The van der Waals surface area contributed by atoms with E-state index in [2.05, 4.69) is 11.1 Å². The molecule has 0 unspecified atom stereocenters. The lowest BCUT2D eigenvalue weighted by molar-refractivity contribution is 0.414. The van der Waals surface area contributed by atoms with Crippen LogP contribution in [0.2, 0.25) is 0 Å². The number of hydrogen-bond donors (Lipinski definition) is 0. The highest BCUT2D eigenvalue weighted by Gasteiger charge is 2.05. The molecule has 2 heteroatoms. The molecule has 15 heavy (non-hydrogen) atoms. The molecule has 0 fully saturated rings. The Morgan fingerprint density at radius 1 is 1.27 bits per heavy atom. The van der Waals surface area contributed by atoms with Gasteiger partial charge in [0.05, 0.1) is 12.6 Å². The van der Waals surface area contributed by atoms with Crippen molar-refractivity contribution in [1.82, 2.24) is 4.98 Å². The van der Waals surface area contributed by atoms with E-state index in [0.29, 0.717) is 0 Å². The first-order valence-electron chi connectivity index (χ1n) is 4.91. The first-order valence-corrected chi connectivity index (χ1v) is 4.91. The molecule has 0 saturated carbocycles. The molecular formula is C13H13NO. The first kappa shape index (κ1) is 9.71. The molecule has 0 atom stereocenters. The van der Waals surface area contributed by atoms with Crippen molar-refractivity contribution in [1.29, 1.82) is 0 Å². The van der Waals surface area contributed by atoms with E-state index in [1.165, 1.54) is 0 Å². The maximum absolute atomic E-state index is 5.31. The minimum atomic E-state index is 0.860. The molecule has 2 aromatic rings. The lowest BCUT2D eigenvalue weighted by Crippen LogP contribution is -1.90. The van der Waals surface area contributed by atoms with E-state index in [1.807, 2.05) is 37.3 Å². The van der Waals surface area contributed by atoms with E-state index >= 15 is 0 Å². The standard InChI is InChI=1S/C13H13NO/c1-3-5-11-12(15-2)8-7-10-6-4-9-14-13(10)11/h3-9H,1-2H3/b5-3+. The average molecular weight is 199 g/mol. The molecule has 0 aliphatic carbocycles. The summed E-state index contributed by atoms with van der Waals surface area (Å²) in [5.41, 5.74) is 2.02. The zero-order valence-electron chi connectivity index (χ0n) is 8.90. The summed E-state index contributed by atoms with van der Waals surface area (Å²) >= 11 is 0. The number of nitrogens with zero attached hydrogens (tertiary/aromatic N) is 1. The number of methoxy groups -OCH3 is 1. The van der Waals surface area contributed by atoms with Gasteiger partial charge in [-0.05, 0) is 25.1 Å². The van der Waals surface area contributed by atoms with Crippen molar-refractivity contribution in [3.8, 4) is 5.75 Å². The molecule has 76 valence electrons. The van der Waals surface area contributed by atoms with Gasteiger partial charge in [0.2, 0.25) is 0 Å². The Hall–Kier alpha value is -1.83. The van der Waals surface area contributed by atoms with Crippen LogP contribution in [0, 0.1) is 0 Å². The molecule has 0 N–H and O–H groups in total. The van der Waals surface area contributed by atoms with Gasteiger partial charge in [-0.2, -0.15) is 0 Å². The zero-order valence-corrected chi connectivity index (χ0v) is 8.90. The SMILES string of the molecule is C/C=C/c1c(OC)ccc2cccnc12. The number of aromatic nitrogens is 1. The van der Waals surface area contributed by atoms with Crippen molar-refractivity contribution < 1.29 is 4.74 Å². The molecule has 2 nitrogen and oxygen atoms in total. The van der Waals surface area contributed by atoms with Gasteiger partial charge in [-0.3, -0.25) is 4.98 Å². The van der Waals surface area contributed by atoms with Gasteiger partial charge < -0.3 is 4.74 Å². The van der Waals surface area contributed by atoms with E-state index in [1.54, 1.807) is 13.3 Å². The van der Waals surface area contributed by atoms with Crippen molar-refractivity contribution in [3.05, 3.63) is 42.1 Å². The lowest BCUT2D eigenvalue weighted by Gasteiger charge is -2.07. The van der Waals surface area contributed by atoms with Crippen LogP contribution in [0.5, 0.6) is 5.75 Å². The van der Waals surface area contributed by atoms with Gasteiger partial charge in [-0.1, -0.05) is 18.2 Å². The Morgan fingerprint density at radius 3 is 2.87 bits per heavy atom. The van der Waals surface area contributed by atoms with Crippen molar-refractivity contribution in [2.75, 3.05) is 7.11 Å². The second kappa shape index (κ2) is 4.13. The fourth-order valence-corrected chi connectivity index (χ4v) is 1.65. The number of rotatable bonds is 2. The fraction of sp³-hybridized carbons (Fsp3) is 0.154. The highest BCUT2D eigenvalue weighted by atomic mass is 16.5. The molecule has 1 aromatic heterocycles.